The SMILES string of the molecule is CC1CC(ONC(=O)C2CC3(COC3)C3CN2C(=O)N3OS(=O)(=O)O)CN1. The first kappa shape index (κ1) is 18.8. The Morgan fingerprint density at radius 3 is 2.74 bits per heavy atom. The molecule has 0 aromatic heterocycles. The number of carbonyl (C=O) groups is 2. The zero-order valence-electron chi connectivity index (χ0n) is 14.7. The minimum absolute atomic E-state index is 0.0951. The molecule has 3 N–H and O–H groups in total. The Bertz CT molecular complexity index is 741. The van der Waals surface area contributed by atoms with Crippen LogP contribution in [-0.2, 0) is 29.1 Å². The predicted molar refractivity (Wildman–Crippen MR) is 87.1 cm³/mol. The summed E-state index contributed by atoms with van der Waals surface area (Å²) in [5.41, 5.74) is 1.81. The minimum Gasteiger partial charge on any atom is -0.380 e. The monoisotopic (exact) mass is 406 g/mol. The highest BCUT2D eigenvalue weighted by Crippen LogP contribution is 2.47. The summed E-state index contributed by atoms with van der Waals surface area (Å²) in [5.74, 6) is -0.485. The molecular weight excluding hydrogens is 384 g/mol. The number of hydroxylamine groups is 3. The van der Waals surface area contributed by atoms with Gasteiger partial charge in [0.15, 0.2) is 0 Å². The summed E-state index contributed by atoms with van der Waals surface area (Å²) in [6, 6.07) is -1.98. The van der Waals surface area contributed by atoms with E-state index in [1.807, 2.05) is 6.92 Å². The van der Waals surface area contributed by atoms with Gasteiger partial charge in [0.05, 0.1) is 25.4 Å². The van der Waals surface area contributed by atoms with Crippen molar-refractivity contribution in [1.82, 2.24) is 20.8 Å². The Morgan fingerprint density at radius 1 is 1.44 bits per heavy atom. The second-order valence-corrected chi connectivity index (χ2v) is 8.61. The van der Waals surface area contributed by atoms with Crippen molar-refractivity contribution in [2.75, 3.05) is 26.3 Å². The molecule has 4 aliphatic heterocycles. The average Bonchev–Trinajstić information content (AvgIpc) is 3.08. The van der Waals surface area contributed by atoms with Crippen LogP contribution in [0.2, 0.25) is 0 Å². The molecule has 2 bridgehead atoms. The maximum Gasteiger partial charge on any atom is 0.418 e. The van der Waals surface area contributed by atoms with E-state index in [1.165, 1.54) is 4.90 Å². The number of piperidine rings is 1. The predicted octanol–water partition coefficient (Wildman–Crippen LogP) is -1.59. The van der Waals surface area contributed by atoms with E-state index >= 15 is 0 Å². The first-order valence-electron chi connectivity index (χ1n) is 8.72. The summed E-state index contributed by atoms with van der Waals surface area (Å²) >= 11 is 0. The zero-order valence-corrected chi connectivity index (χ0v) is 15.5. The van der Waals surface area contributed by atoms with Gasteiger partial charge in [-0.05, 0) is 19.8 Å². The van der Waals surface area contributed by atoms with Gasteiger partial charge >= 0.3 is 16.4 Å². The molecule has 3 amide bonds. The molecule has 152 valence electrons. The highest BCUT2D eigenvalue weighted by molar-refractivity contribution is 7.80. The molecule has 4 fully saturated rings. The average molecular weight is 406 g/mol. The number of ether oxygens (including phenoxy) is 1. The number of nitrogens with zero attached hydrogens (tertiary/aromatic N) is 2. The van der Waals surface area contributed by atoms with Gasteiger partial charge in [0, 0.05) is 24.5 Å². The van der Waals surface area contributed by atoms with E-state index in [1.54, 1.807) is 0 Å². The van der Waals surface area contributed by atoms with Crippen molar-refractivity contribution in [2.45, 2.75) is 44.0 Å². The van der Waals surface area contributed by atoms with Crippen LogP contribution in [0, 0.1) is 5.41 Å². The van der Waals surface area contributed by atoms with E-state index in [0.29, 0.717) is 17.6 Å². The first-order valence-corrected chi connectivity index (χ1v) is 10.1. The number of nitrogens with one attached hydrogen (secondary N) is 2. The summed E-state index contributed by atoms with van der Waals surface area (Å²) in [6.07, 6.45) is 0.877. The second-order valence-electron chi connectivity index (χ2n) is 7.61. The van der Waals surface area contributed by atoms with Crippen LogP contribution in [0.25, 0.3) is 0 Å². The van der Waals surface area contributed by atoms with Crippen LogP contribution in [0.1, 0.15) is 19.8 Å². The lowest BCUT2D eigenvalue weighted by Gasteiger charge is -2.50. The molecule has 0 saturated carbocycles. The fourth-order valence-corrected chi connectivity index (χ4v) is 4.59. The number of urea groups is 1. The van der Waals surface area contributed by atoms with Crippen LogP contribution in [0.15, 0.2) is 0 Å². The van der Waals surface area contributed by atoms with Gasteiger partial charge in [0.2, 0.25) is 0 Å². The molecule has 4 atom stereocenters. The normalized spacial score (nSPS) is 34.8. The van der Waals surface area contributed by atoms with Crippen molar-refractivity contribution in [2.24, 2.45) is 5.41 Å². The molecule has 0 radical (unpaired) electrons. The summed E-state index contributed by atoms with van der Waals surface area (Å²) in [7, 11) is -4.87. The van der Waals surface area contributed by atoms with Crippen molar-refractivity contribution in [3.63, 3.8) is 0 Å². The second kappa shape index (κ2) is 6.53. The summed E-state index contributed by atoms with van der Waals surface area (Å²) in [6.45, 7) is 3.25. The molecule has 0 aromatic carbocycles. The summed E-state index contributed by atoms with van der Waals surface area (Å²) in [4.78, 5) is 31.9. The van der Waals surface area contributed by atoms with Crippen molar-refractivity contribution in [3.05, 3.63) is 0 Å². The highest BCUT2D eigenvalue weighted by Gasteiger charge is 2.63. The van der Waals surface area contributed by atoms with Crippen molar-refractivity contribution >= 4 is 22.3 Å². The maximum absolute atomic E-state index is 12.7. The molecule has 0 aromatic rings. The molecule has 1 spiro atoms. The topological polar surface area (TPSA) is 147 Å². The minimum atomic E-state index is -4.87. The van der Waals surface area contributed by atoms with Crippen LogP contribution in [-0.4, -0.2) is 85.4 Å². The van der Waals surface area contributed by atoms with Crippen LogP contribution >= 0.6 is 0 Å². The van der Waals surface area contributed by atoms with Crippen LogP contribution in [0.4, 0.5) is 4.79 Å². The summed E-state index contributed by atoms with van der Waals surface area (Å²) < 4.78 is 41.0. The smallest absolute Gasteiger partial charge is 0.380 e. The lowest BCUT2D eigenvalue weighted by Crippen LogP contribution is -2.63. The van der Waals surface area contributed by atoms with Crippen LogP contribution < -0.4 is 10.8 Å². The maximum atomic E-state index is 12.7. The number of carbonyl (C=O) groups excluding carboxylic acids is 2. The third-order valence-electron chi connectivity index (χ3n) is 5.66. The van der Waals surface area contributed by atoms with Gasteiger partial charge in [-0.15, -0.1) is 4.28 Å². The van der Waals surface area contributed by atoms with Crippen LogP contribution in [0.5, 0.6) is 0 Å². The quantitative estimate of drug-likeness (QED) is 0.363. The third kappa shape index (κ3) is 3.39. The molecule has 4 rings (SSSR count). The molecule has 12 nitrogen and oxygen atoms in total. The number of amides is 3. The molecule has 4 aliphatic rings. The lowest BCUT2D eigenvalue weighted by molar-refractivity contribution is -0.194. The molecular formula is C14H22N4O8S. The Kier molecular flexibility index (Phi) is 4.56. The largest absolute Gasteiger partial charge is 0.418 e. The molecule has 4 unspecified atom stereocenters. The fraction of sp³-hybridized carbons (Fsp3) is 0.857. The van der Waals surface area contributed by atoms with E-state index in [2.05, 4.69) is 15.1 Å². The van der Waals surface area contributed by atoms with Gasteiger partial charge < -0.3 is 15.0 Å². The van der Waals surface area contributed by atoms with Gasteiger partial charge in [-0.1, -0.05) is 0 Å². The standard InChI is InChI=1S/C14H22N4O8S/c1-8-2-9(4-15-8)25-16-12(19)10-3-14(6-24-7-14)11-5-17(10)13(20)18(11)26-27(21,22)23/h8-11,15H,2-7H2,1H3,(H,16,19)(H,21,22,23). The van der Waals surface area contributed by atoms with E-state index in [0.717, 1.165) is 6.42 Å². The Labute approximate surface area is 155 Å². The van der Waals surface area contributed by atoms with Gasteiger partial charge in [0.25, 0.3) is 5.91 Å². The van der Waals surface area contributed by atoms with E-state index in [4.69, 9.17) is 14.1 Å². The van der Waals surface area contributed by atoms with E-state index in [-0.39, 0.29) is 32.3 Å². The number of fused-ring (bicyclic) bond motifs is 3. The Balaban J connectivity index is 1.48. The number of hydrogen-bond acceptors (Lipinski definition) is 8. The van der Waals surface area contributed by atoms with E-state index < -0.39 is 39.8 Å². The fourth-order valence-electron chi connectivity index (χ4n) is 4.22. The number of hydrogen-bond donors (Lipinski definition) is 3. The highest BCUT2D eigenvalue weighted by atomic mass is 32.3. The van der Waals surface area contributed by atoms with E-state index in [9.17, 15) is 18.0 Å². The van der Waals surface area contributed by atoms with Gasteiger partial charge in [-0.2, -0.15) is 13.5 Å². The third-order valence-corrected chi connectivity index (χ3v) is 6.01. The van der Waals surface area contributed by atoms with Gasteiger partial charge in [0.1, 0.15) is 6.04 Å². The zero-order chi connectivity index (χ0) is 19.4. The van der Waals surface area contributed by atoms with Crippen molar-refractivity contribution in [3.8, 4) is 0 Å². The van der Waals surface area contributed by atoms with Crippen molar-refractivity contribution < 1.29 is 36.4 Å². The summed E-state index contributed by atoms with van der Waals surface area (Å²) in [5, 5.41) is 3.84. The van der Waals surface area contributed by atoms with Gasteiger partial charge in [-0.25, -0.2) is 10.3 Å². The Hall–Kier alpha value is -1.51. The molecule has 13 heteroatoms. The lowest BCUT2D eigenvalue weighted by atomic mass is 9.71. The molecule has 4 heterocycles. The molecule has 4 saturated heterocycles. The Morgan fingerprint density at radius 2 is 2.19 bits per heavy atom. The van der Waals surface area contributed by atoms with Crippen molar-refractivity contribution in [1.29, 1.82) is 0 Å². The van der Waals surface area contributed by atoms with Crippen LogP contribution in [0.3, 0.4) is 0 Å². The van der Waals surface area contributed by atoms with Gasteiger partial charge in [-0.3, -0.25) is 14.2 Å². The number of rotatable bonds is 5. The first-order chi connectivity index (χ1) is 12.7. The molecule has 27 heavy (non-hydrogen) atoms. The molecule has 0 aliphatic carbocycles.